The van der Waals surface area contributed by atoms with Gasteiger partial charge in [0.2, 0.25) is 0 Å². The molecule has 0 bridgehead atoms. The average Bonchev–Trinajstić information content (AvgIpc) is 1.76. The minimum atomic E-state index is -4.69. The minimum absolute atomic E-state index is 0.805. The maximum Gasteiger partial charge on any atom is 0.0777 e. The fourth-order valence-electron chi connectivity index (χ4n) is 0.623. The van der Waals surface area contributed by atoms with Crippen LogP contribution in [0.5, 0.6) is 0 Å². The number of rotatable bonds is 3. The summed E-state index contributed by atoms with van der Waals surface area (Å²) in [4.78, 5) is 3.97. The van der Waals surface area contributed by atoms with Crippen molar-refractivity contribution in [3.05, 3.63) is 11.2 Å². The highest BCUT2D eigenvalue weighted by Gasteiger charge is 1.98. The smallest absolute Gasteiger partial charge is 0.0777 e. The monoisotopic (exact) mass is 262 g/mol. The van der Waals surface area contributed by atoms with Crippen LogP contribution in [0.3, 0.4) is 0 Å². The summed E-state index contributed by atoms with van der Waals surface area (Å²) in [7, 11) is 3.20. The molecule has 1 N–H and O–H groups in total. The third kappa shape index (κ3) is 31.5. The first-order chi connectivity index (χ1) is 6.52. The summed E-state index contributed by atoms with van der Waals surface area (Å²) in [5.41, 5.74) is 0. The van der Waals surface area contributed by atoms with E-state index in [4.69, 9.17) is 30.2 Å². The summed E-state index contributed by atoms with van der Waals surface area (Å²) in [6.45, 7) is 0.805. The van der Waals surface area contributed by atoms with Gasteiger partial charge in [0.05, 0.1) is 14.9 Å². The van der Waals surface area contributed by atoms with Crippen LogP contribution in [0.2, 0.25) is 0 Å². The van der Waals surface area contributed by atoms with Crippen LogP contribution in [0.4, 0.5) is 0 Å². The Morgan fingerprint density at radius 1 is 1.27 bits per heavy atom. The van der Waals surface area contributed by atoms with E-state index in [2.05, 4.69) is 0 Å². The Balaban J connectivity index is 0. The number of hydrogen-bond donors (Lipinski definition) is 1. The summed E-state index contributed by atoms with van der Waals surface area (Å²) < 4.78 is 32.7. The molecule has 0 aliphatic heterocycles. The van der Waals surface area contributed by atoms with E-state index in [1.807, 2.05) is 44.2 Å². The van der Waals surface area contributed by atoms with Gasteiger partial charge in [-0.3, -0.25) is 0 Å². The Kier molecular flexibility index (Phi) is 9.37. The molecule has 0 saturated carbocycles. The second-order valence-electron chi connectivity index (χ2n) is 3.17. The molecular weight excluding hydrogens is 247 g/mol. The molecule has 0 saturated heterocycles. The zero-order chi connectivity index (χ0) is 12.6. The lowest BCUT2D eigenvalue weighted by atomic mass is 10.5. The van der Waals surface area contributed by atoms with Crippen molar-refractivity contribution < 1.29 is 28.9 Å². The fraction of sp³-hybridized carbons (Fsp3) is 0.714. The molecule has 0 aromatic rings. The lowest BCUT2D eigenvalue weighted by molar-refractivity contribution is -1.92. The van der Waals surface area contributed by atoms with Crippen molar-refractivity contribution in [1.82, 2.24) is 9.80 Å². The highest BCUT2D eigenvalue weighted by molar-refractivity contribution is 6.29. The molecule has 0 spiro atoms. The Labute approximate surface area is 96.7 Å². The molecule has 0 unspecified atom stereocenters. The van der Waals surface area contributed by atoms with Crippen LogP contribution >= 0.6 is 11.6 Å². The van der Waals surface area contributed by atoms with Gasteiger partial charge >= 0.3 is 0 Å². The third-order valence-electron chi connectivity index (χ3n) is 0.866. The summed E-state index contributed by atoms with van der Waals surface area (Å²) in [6.07, 6.45) is 1.90. The van der Waals surface area contributed by atoms with Gasteiger partial charge in [0.1, 0.15) is 0 Å². The van der Waals surface area contributed by atoms with Crippen LogP contribution in [0.25, 0.3) is 0 Å². The van der Waals surface area contributed by atoms with Gasteiger partial charge in [-0.05, 0) is 14.1 Å². The van der Waals surface area contributed by atoms with Gasteiger partial charge in [-0.25, -0.2) is 0 Å². The molecule has 0 aromatic carbocycles. The molecule has 0 amide bonds. The van der Waals surface area contributed by atoms with Crippen molar-refractivity contribution in [2.75, 3.05) is 34.7 Å². The van der Waals surface area contributed by atoms with Crippen LogP contribution < -0.4 is 14.0 Å². The first-order valence-corrected chi connectivity index (χ1v) is 5.47. The average molecular weight is 263 g/mol. The molecule has 15 heavy (non-hydrogen) atoms. The first kappa shape index (κ1) is 17.3. The standard InChI is InChI=1S/C7H15ClN2.ClHO4/c1-9(2)5-7(8)6-10(3)4;2-1(3,4)5/h5H,6H2,1-4H3;(H,2,3,4,5)/b7-5+;. The first-order valence-electron chi connectivity index (χ1n) is 3.83. The van der Waals surface area contributed by atoms with Gasteiger partial charge in [-0.15, -0.1) is 0 Å². The quantitative estimate of drug-likeness (QED) is 0.585. The zero-order valence-corrected chi connectivity index (χ0v) is 10.6. The molecule has 0 rings (SSSR count). The molecule has 0 atom stereocenters. The van der Waals surface area contributed by atoms with Crippen molar-refractivity contribution in [2.24, 2.45) is 0 Å². The molecule has 0 aromatic heterocycles. The molecule has 0 aliphatic carbocycles. The van der Waals surface area contributed by atoms with Crippen molar-refractivity contribution in [3.8, 4) is 0 Å². The van der Waals surface area contributed by atoms with Gasteiger partial charge in [0, 0.05) is 31.9 Å². The van der Waals surface area contributed by atoms with Gasteiger partial charge in [0.15, 0.2) is 0 Å². The molecule has 92 valence electrons. The van der Waals surface area contributed by atoms with Crippen LogP contribution in [0.15, 0.2) is 11.2 Å². The van der Waals surface area contributed by atoms with Gasteiger partial charge in [0.25, 0.3) is 0 Å². The van der Waals surface area contributed by atoms with Crippen molar-refractivity contribution in [2.45, 2.75) is 0 Å². The molecule has 6 nitrogen and oxygen atoms in total. The topological polar surface area (TPSA) is 95.9 Å². The normalized spacial score (nSPS) is 12.3. The Bertz CT molecular complexity index is 186. The van der Waals surface area contributed by atoms with E-state index in [9.17, 15) is 0 Å². The van der Waals surface area contributed by atoms with E-state index in [1.54, 1.807) is 0 Å². The lowest BCUT2D eigenvalue weighted by Gasteiger charge is -2.10. The van der Waals surface area contributed by atoms with E-state index < -0.39 is 10.2 Å². The molecule has 0 fully saturated rings. The van der Waals surface area contributed by atoms with Crippen molar-refractivity contribution in [1.29, 1.82) is 0 Å². The minimum Gasteiger partial charge on any atom is -0.383 e. The van der Waals surface area contributed by atoms with Crippen molar-refractivity contribution in [3.63, 3.8) is 0 Å². The molecule has 8 heteroatoms. The molecule has 0 aliphatic rings. The summed E-state index contributed by atoms with van der Waals surface area (Å²) in [5.74, 6) is 0. The van der Waals surface area contributed by atoms with Gasteiger partial charge in [-0.1, -0.05) is 11.6 Å². The van der Waals surface area contributed by atoms with E-state index in [-0.39, 0.29) is 0 Å². The predicted octanol–water partition coefficient (Wildman–Crippen LogP) is -2.93. The predicted molar refractivity (Wildman–Crippen MR) is 48.4 cm³/mol. The highest BCUT2D eigenvalue weighted by Crippen LogP contribution is 2.01. The molecule has 0 radical (unpaired) electrons. The second kappa shape index (κ2) is 8.12. The number of likely N-dealkylation sites (N-methyl/N-ethyl adjacent to an activating group) is 1. The maximum absolute atomic E-state index is 8.60. The lowest BCUT2D eigenvalue weighted by Crippen LogP contribution is -2.58. The second-order valence-corrected chi connectivity index (χ2v) is 4.45. The van der Waals surface area contributed by atoms with Crippen LogP contribution in [-0.2, 0) is 0 Å². The van der Waals surface area contributed by atoms with Gasteiger partial charge in [-0.2, -0.15) is 14.0 Å². The molecule has 0 heterocycles. The van der Waals surface area contributed by atoms with Crippen LogP contribution in [-0.4, -0.2) is 49.2 Å². The highest BCUT2D eigenvalue weighted by atomic mass is 35.7. The van der Waals surface area contributed by atoms with Crippen molar-refractivity contribution >= 4 is 11.6 Å². The van der Waals surface area contributed by atoms with Gasteiger partial charge < -0.3 is 9.80 Å². The fourth-order valence-corrected chi connectivity index (χ4v) is 1.06. The zero-order valence-electron chi connectivity index (χ0n) is 9.11. The van der Waals surface area contributed by atoms with E-state index in [0.717, 1.165) is 11.6 Å². The Morgan fingerprint density at radius 2 is 1.60 bits per heavy atom. The Hall–Kier alpha value is -0.0800. The van der Waals surface area contributed by atoms with E-state index >= 15 is 0 Å². The largest absolute Gasteiger partial charge is 0.383 e. The summed E-state index contributed by atoms with van der Waals surface area (Å²) in [5, 5.41) is 0.856. The SMILES string of the molecule is CN(C)/C=C(/Cl)CN(C)C.[O-][Cl+3]([O-])([O-])O. The van der Waals surface area contributed by atoms with E-state index in [1.165, 1.54) is 0 Å². The van der Waals surface area contributed by atoms with Crippen LogP contribution in [0.1, 0.15) is 0 Å². The number of hydrogen-bond acceptors (Lipinski definition) is 6. The van der Waals surface area contributed by atoms with Crippen LogP contribution in [0, 0.1) is 10.2 Å². The summed E-state index contributed by atoms with van der Waals surface area (Å²) in [6, 6.07) is 0. The third-order valence-corrected chi connectivity index (χ3v) is 1.08. The number of halogens is 2. The maximum atomic E-state index is 8.60. The van der Waals surface area contributed by atoms with E-state index in [0.29, 0.717) is 0 Å². The Morgan fingerprint density at radius 3 is 1.80 bits per heavy atom. The molecular formula is C7H16Cl2N2O4. The summed E-state index contributed by atoms with van der Waals surface area (Å²) >= 11 is 5.85. The number of nitrogens with zero attached hydrogens (tertiary/aromatic N) is 2.